The molecular weight excluding hydrogens is 275 g/mol. The van der Waals surface area contributed by atoms with E-state index in [-0.39, 0.29) is 16.1 Å². The van der Waals surface area contributed by atoms with Crippen LogP contribution >= 0.6 is 11.6 Å². The van der Waals surface area contributed by atoms with Gasteiger partial charge < -0.3 is 4.98 Å². The molecule has 9 heteroatoms. The third kappa shape index (κ3) is 2.12. The van der Waals surface area contributed by atoms with Gasteiger partial charge in [0.1, 0.15) is 5.52 Å². The van der Waals surface area contributed by atoms with Crippen LogP contribution in [0.1, 0.15) is 5.56 Å². The second-order valence-electron chi connectivity index (χ2n) is 3.38. The number of hydrogen-bond donors (Lipinski definition) is 3. The number of halogens is 4. The summed E-state index contributed by atoms with van der Waals surface area (Å²) in [5.74, 6) is -0.454. The summed E-state index contributed by atoms with van der Waals surface area (Å²) in [6.45, 7) is 0. The fourth-order valence-corrected chi connectivity index (χ4v) is 1.65. The molecule has 0 bridgehead atoms. The fraction of sp³-hybridized carbons (Fsp3) is 0.111. The third-order valence-corrected chi connectivity index (χ3v) is 2.47. The zero-order valence-corrected chi connectivity index (χ0v) is 9.23. The molecule has 0 atom stereocenters. The molecule has 0 fully saturated rings. The number of alkyl halides is 3. The first kappa shape index (κ1) is 12.7. The van der Waals surface area contributed by atoms with Crippen molar-refractivity contribution in [2.45, 2.75) is 6.18 Å². The third-order valence-electron chi connectivity index (χ3n) is 2.18. The van der Waals surface area contributed by atoms with Crippen molar-refractivity contribution in [3.05, 3.63) is 33.1 Å². The summed E-state index contributed by atoms with van der Waals surface area (Å²) in [7, 11) is 0. The normalized spacial score (nSPS) is 11.8. The smallest absolute Gasteiger partial charge is 0.317 e. The Labute approximate surface area is 102 Å². The first-order valence-electron chi connectivity index (χ1n) is 4.54. The molecule has 96 valence electrons. The summed E-state index contributed by atoms with van der Waals surface area (Å²) in [6, 6.07) is 1.41. The van der Waals surface area contributed by atoms with Crippen LogP contribution in [0.15, 0.2) is 16.9 Å². The predicted octanol–water partition coefficient (Wildman–Crippen LogP) is 2.40. The van der Waals surface area contributed by atoms with Crippen molar-refractivity contribution < 1.29 is 18.4 Å². The van der Waals surface area contributed by atoms with Gasteiger partial charge in [0.05, 0.1) is 16.1 Å². The average molecular weight is 280 g/mol. The summed E-state index contributed by atoms with van der Waals surface area (Å²) in [4.78, 5) is 17.0. The number of aromatic nitrogens is 2. The van der Waals surface area contributed by atoms with Gasteiger partial charge in [-0.1, -0.05) is 11.6 Å². The van der Waals surface area contributed by atoms with Crippen LogP contribution in [-0.2, 0) is 6.18 Å². The molecule has 0 aliphatic carbocycles. The standard InChI is InChI=1S/C9H5ClF3N3O2/c10-4-1-3(9(11,12)13)2-5-6(4)15-7(16-18)8(17)14-5/h1-2,18H,(H,14,17)(H,15,16). The number of anilines is 1. The Morgan fingerprint density at radius 1 is 1.39 bits per heavy atom. The molecule has 1 heterocycles. The monoisotopic (exact) mass is 279 g/mol. The van der Waals surface area contributed by atoms with E-state index in [0.717, 1.165) is 6.07 Å². The molecule has 0 radical (unpaired) electrons. The maximum absolute atomic E-state index is 12.5. The van der Waals surface area contributed by atoms with E-state index in [0.29, 0.717) is 6.07 Å². The largest absolute Gasteiger partial charge is 0.416 e. The van der Waals surface area contributed by atoms with Crippen LogP contribution in [0.25, 0.3) is 11.0 Å². The number of benzene rings is 1. The van der Waals surface area contributed by atoms with Crippen LogP contribution in [-0.4, -0.2) is 15.2 Å². The number of hydrogen-bond acceptors (Lipinski definition) is 4. The molecule has 18 heavy (non-hydrogen) atoms. The Bertz CT molecular complexity index is 668. The van der Waals surface area contributed by atoms with Crippen molar-refractivity contribution in [3.63, 3.8) is 0 Å². The highest BCUT2D eigenvalue weighted by molar-refractivity contribution is 6.35. The van der Waals surface area contributed by atoms with Crippen LogP contribution in [0.4, 0.5) is 19.0 Å². The van der Waals surface area contributed by atoms with Gasteiger partial charge in [-0.25, -0.2) is 10.5 Å². The minimum absolute atomic E-state index is 0.0548. The van der Waals surface area contributed by atoms with Crippen LogP contribution in [0.5, 0.6) is 0 Å². The topological polar surface area (TPSA) is 78.0 Å². The minimum Gasteiger partial charge on any atom is -0.317 e. The summed E-state index contributed by atoms with van der Waals surface area (Å²) in [6.07, 6.45) is -4.58. The highest BCUT2D eigenvalue weighted by Crippen LogP contribution is 2.33. The van der Waals surface area contributed by atoms with Gasteiger partial charge in [-0.15, -0.1) is 0 Å². The van der Waals surface area contributed by atoms with E-state index >= 15 is 0 Å². The van der Waals surface area contributed by atoms with Crippen molar-refractivity contribution in [3.8, 4) is 0 Å². The molecule has 3 N–H and O–H groups in total. The average Bonchev–Trinajstić information content (AvgIpc) is 2.26. The molecule has 0 spiro atoms. The molecular formula is C9H5ClF3N3O2. The summed E-state index contributed by atoms with van der Waals surface area (Å²) < 4.78 is 37.6. The summed E-state index contributed by atoms with van der Waals surface area (Å²) >= 11 is 5.66. The Balaban J connectivity index is 2.79. The zero-order chi connectivity index (χ0) is 13.5. The lowest BCUT2D eigenvalue weighted by atomic mass is 10.2. The molecule has 0 amide bonds. The number of nitrogens with one attached hydrogen (secondary N) is 2. The van der Waals surface area contributed by atoms with Gasteiger partial charge in [0.2, 0.25) is 5.82 Å². The number of fused-ring (bicyclic) bond motifs is 1. The SMILES string of the molecule is O=c1[nH]c2cc(C(F)(F)F)cc(Cl)c2nc1NO. The zero-order valence-electron chi connectivity index (χ0n) is 8.47. The lowest BCUT2D eigenvalue weighted by Crippen LogP contribution is -2.15. The highest BCUT2D eigenvalue weighted by atomic mass is 35.5. The van der Waals surface area contributed by atoms with E-state index < -0.39 is 23.1 Å². The maximum Gasteiger partial charge on any atom is 0.416 e. The Kier molecular flexibility index (Phi) is 2.91. The molecule has 2 rings (SSSR count). The molecule has 5 nitrogen and oxygen atoms in total. The molecule has 1 aromatic heterocycles. The highest BCUT2D eigenvalue weighted by Gasteiger charge is 2.31. The van der Waals surface area contributed by atoms with Crippen molar-refractivity contribution in [2.75, 3.05) is 5.48 Å². The van der Waals surface area contributed by atoms with Crippen LogP contribution < -0.4 is 11.0 Å². The predicted molar refractivity (Wildman–Crippen MR) is 57.8 cm³/mol. The molecule has 0 unspecified atom stereocenters. The van der Waals surface area contributed by atoms with Gasteiger partial charge in [0, 0.05) is 0 Å². The van der Waals surface area contributed by atoms with E-state index in [1.165, 1.54) is 5.48 Å². The molecule has 2 aromatic rings. The van der Waals surface area contributed by atoms with Crippen molar-refractivity contribution in [1.29, 1.82) is 0 Å². The van der Waals surface area contributed by atoms with Crippen LogP contribution in [0.3, 0.4) is 0 Å². The van der Waals surface area contributed by atoms with Gasteiger partial charge in [-0.05, 0) is 12.1 Å². The minimum atomic E-state index is -4.58. The number of rotatable bonds is 1. The first-order valence-corrected chi connectivity index (χ1v) is 4.91. The quantitative estimate of drug-likeness (QED) is 0.701. The van der Waals surface area contributed by atoms with Crippen LogP contribution in [0, 0.1) is 0 Å². The van der Waals surface area contributed by atoms with E-state index in [4.69, 9.17) is 16.8 Å². The van der Waals surface area contributed by atoms with Crippen molar-refractivity contribution >= 4 is 28.5 Å². The molecule has 0 aliphatic heterocycles. The lowest BCUT2D eigenvalue weighted by molar-refractivity contribution is -0.137. The number of nitrogens with zero attached hydrogens (tertiary/aromatic N) is 1. The Hall–Kier alpha value is -1.80. The molecule has 0 saturated heterocycles. The van der Waals surface area contributed by atoms with E-state index in [1.54, 1.807) is 0 Å². The molecule has 0 aliphatic rings. The second kappa shape index (κ2) is 4.14. The fourth-order valence-electron chi connectivity index (χ4n) is 1.39. The maximum atomic E-state index is 12.5. The second-order valence-corrected chi connectivity index (χ2v) is 3.79. The number of H-pyrrole nitrogens is 1. The van der Waals surface area contributed by atoms with Crippen LogP contribution in [0.2, 0.25) is 5.02 Å². The van der Waals surface area contributed by atoms with Gasteiger partial charge in [-0.2, -0.15) is 13.2 Å². The summed E-state index contributed by atoms with van der Waals surface area (Å²) in [5.41, 5.74) is -0.558. The first-order chi connectivity index (χ1) is 8.32. The lowest BCUT2D eigenvalue weighted by Gasteiger charge is -2.09. The van der Waals surface area contributed by atoms with Gasteiger partial charge in [0.25, 0.3) is 5.56 Å². The van der Waals surface area contributed by atoms with Crippen molar-refractivity contribution in [2.24, 2.45) is 0 Å². The Morgan fingerprint density at radius 3 is 2.61 bits per heavy atom. The molecule has 0 saturated carbocycles. The van der Waals surface area contributed by atoms with E-state index in [1.807, 2.05) is 0 Å². The summed E-state index contributed by atoms with van der Waals surface area (Å²) in [5, 5.41) is 8.31. The molecule has 1 aromatic carbocycles. The van der Waals surface area contributed by atoms with Crippen molar-refractivity contribution in [1.82, 2.24) is 9.97 Å². The Morgan fingerprint density at radius 2 is 2.06 bits per heavy atom. The van der Waals surface area contributed by atoms with Gasteiger partial charge in [0.15, 0.2) is 0 Å². The van der Waals surface area contributed by atoms with E-state index in [2.05, 4.69) is 9.97 Å². The van der Waals surface area contributed by atoms with Gasteiger partial charge >= 0.3 is 6.18 Å². The van der Waals surface area contributed by atoms with E-state index in [9.17, 15) is 18.0 Å². The van der Waals surface area contributed by atoms with Gasteiger partial charge in [-0.3, -0.25) is 10.0 Å². The number of aromatic amines is 1.